The zero-order chi connectivity index (χ0) is 15.9. The molecule has 0 heterocycles. The lowest BCUT2D eigenvalue weighted by atomic mass is 10.1. The van der Waals surface area contributed by atoms with Gasteiger partial charge in [0, 0.05) is 18.3 Å². The van der Waals surface area contributed by atoms with Gasteiger partial charge in [-0.15, -0.1) is 0 Å². The van der Waals surface area contributed by atoms with Crippen LogP contribution in [0.1, 0.15) is 11.1 Å². The van der Waals surface area contributed by atoms with Crippen LogP contribution in [0.25, 0.3) is 6.08 Å². The minimum absolute atomic E-state index is 0.212. The van der Waals surface area contributed by atoms with E-state index < -0.39 is 0 Å². The van der Waals surface area contributed by atoms with Crippen LogP contribution in [0.15, 0.2) is 54.6 Å². The van der Waals surface area contributed by atoms with E-state index in [9.17, 15) is 9.18 Å². The molecule has 0 spiro atoms. The summed E-state index contributed by atoms with van der Waals surface area (Å²) in [6.07, 6.45) is 3.10. The van der Waals surface area contributed by atoms with Gasteiger partial charge in [-0.25, -0.2) is 4.39 Å². The average Bonchev–Trinajstić information content (AvgIpc) is 2.48. The van der Waals surface area contributed by atoms with Crippen LogP contribution in [-0.2, 0) is 11.3 Å². The van der Waals surface area contributed by atoms with E-state index in [1.807, 2.05) is 43.3 Å². The number of anilines is 1. The molecule has 0 aromatic heterocycles. The minimum atomic E-state index is -0.292. The Morgan fingerprint density at radius 2 is 1.82 bits per heavy atom. The molecule has 0 unspecified atom stereocenters. The first-order valence-electron chi connectivity index (χ1n) is 7.02. The normalized spacial score (nSPS) is 11.1. The highest BCUT2D eigenvalue weighted by Crippen LogP contribution is 2.16. The third-order valence-corrected chi connectivity index (χ3v) is 3.06. The summed E-state index contributed by atoms with van der Waals surface area (Å²) in [6.45, 7) is 0.748. The smallest absolute Gasteiger partial charge is 0.248 e. The second-order valence-corrected chi connectivity index (χ2v) is 5.27. The molecule has 0 atom stereocenters. The summed E-state index contributed by atoms with van der Waals surface area (Å²) >= 11 is 0. The zero-order valence-corrected chi connectivity index (χ0v) is 12.7. The Morgan fingerprint density at radius 1 is 1.14 bits per heavy atom. The molecular weight excluding hydrogens is 279 g/mol. The van der Waals surface area contributed by atoms with Gasteiger partial charge in [0.1, 0.15) is 5.82 Å². The SMILES string of the molecule is CN(C)Cc1ccccc1NC(=O)/C=C/c1ccc(F)cc1. The van der Waals surface area contributed by atoms with E-state index in [2.05, 4.69) is 5.32 Å². The summed E-state index contributed by atoms with van der Waals surface area (Å²) in [5.74, 6) is -0.505. The summed E-state index contributed by atoms with van der Waals surface area (Å²) in [7, 11) is 3.96. The Kier molecular flexibility index (Phi) is 5.44. The maximum atomic E-state index is 12.8. The number of nitrogens with zero attached hydrogens (tertiary/aromatic N) is 1. The lowest BCUT2D eigenvalue weighted by molar-refractivity contribution is -0.111. The molecule has 1 amide bonds. The number of amides is 1. The zero-order valence-electron chi connectivity index (χ0n) is 12.7. The van der Waals surface area contributed by atoms with Crippen molar-refractivity contribution in [3.63, 3.8) is 0 Å². The molecule has 0 radical (unpaired) electrons. The van der Waals surface area contributed by atoms with Crippen LogP contribution < -0.4 is 5.32 Å². The lowest BCUT2D eigenvalue weighted by Gasteiger charge is -2.14. The van der Waals surface area contributed by atoms with Gasteiger partial charge in [0.2, 0.25) is 5.91 Å². The Balaban J connectivity index is 2.04. The maximum absolute atomic E-state index is 12.8. The van der Waals surface area contributed by atoms with Crippen molar-refractivity contribution in [2.75, 3.05) is 19.4 Å². The Bertz CT molecular complexity index is 663. The molecule has 114 valence electrons. The number of nitrogens with one attached hydrogen (secondary N) is 1. The van der Waals surface area contributed by atoms with Crippen molar-refractivity contribution in [1.82, 2.24) is 4.90 Å². The molecule has 0 saturated heterocycles. The third-order valence-electron chi connectivity index (χ3n) is 3.06. The molecule has 2 aromatic rings. The van der Waals surface area contributed by atoms with E-state index in [0.29, 0.717) is 0 Å². The fourth-order valence-corrected chi connectivity index (χ4v) is 2.04. The third kappa shape index (κ3) is 4.82. The quantitative estimate of drug-likeness (QED) is 0.856. The van der Waals surface area contributed by atoms with E-state index in [-0.39, 0.29) is 11.7 Å². The number of halogens is 1. The molecule has 4 heteroatoms. The Morgan fingerprint density at radius 3 is 2.50 bits per heavy atom. The van der Waals surface area contributed by atoms with Crippen LogP contribution in [0.3, 0.4) is 0 Å². The molecule has 0 aliphatic carbocycles. The number of hydrogen-bond acceptors (Lipinski definition) is 2. The molecule has 0 saturated carbocycles. The van der Waals surface area contributed by atoms with E-state index in [0.717, 1.165) is 23.4 Å². The van der Waals surface area contributed by atoms with Crippen molar-refractivity contribution in [3.8, 4) is 0 Å². The molecule has 22 heavy (non-hydrogen) atoms. The van der Waals surface area contributed by atoms with Crippen molar-refractivity contribution >= 4 is 17.7 Å². The standard InChI is InChI=1S/C18H19FN2O/c1-21(2)13-15-5-3-4-6-17(15)20-18(22)12-9-14-7-10-16(19)11-8-14/h3-12H,13H2,1-2H3,(H,20,22)/b12-9+. The van der Waals surface area contributed by atoms with Crippen molar-refractivity contribution < 1.29 is 9.18 Å². The van der Waals surface area contributed by atoms with Gasteiger partial charge in [0.25, 0.3) is 0 Å². The van der Waals surface area contributed by atoms with Crippen LogP contribution in [0.5, 0.6) is 0 Å². The summed E-state index contributed by atoms with van der Waals surface area (Å²) in [5.41, 5.74) is 2.62. The van der Waals surface area contributed by atoms with Crippen molar-refractivity contribution in [3.05, 3.63) is 71.6 Å². The molecule has 0 fully saturated rings. The van der Waals surface area contributed by atoms with Gasteiger partial charge in [-0.05, 0) is 49.5 Å². The highest BCUT2D eigenvalue weighted by Gasteiger charge is 2.05. The van der Waals surface area contributed by atoms with Gasteiger partial charge >= 0.3 is 0 Å². The highest BCUT2D eigenvalue weighted by atomic mass is 19.1. The first-order chi connectivity index (χ1) is 10.5. The van der Waals surface area contributed by atoms with Crippen molar-refractivity contribution in [2.45, 2.75) is 6.54 Å². The Hall–Kier alpha value is -2.46. The lowest BCUT2D eigenvalue weighted by Crippen LogP contribution is -2.15. The van der Waals surface area contributed by atoms with E-state index in [4.69, 9.17) is 0 Å². The van der Waals surface area contributed by atoms with Gasteiger partial charge in [-0.3, -0.25) is 4.79 Å². The predicted molar refractivity (Wildman–Crippen MR) is 87.9 cm³/mol. The number of hydrogen-bond donors (Lipinski definition) is 1. The van der Waals surface area contributed by atoms with Crippen LogP contribution in [0.2, 0.25) is 0 Å². The number of carbonyl (C=O) groups excluding carboxylic acids is 1. The van der Waals surface area contributed by atoms with Crippen LogP contribution in [0, 0.1) is 5.82 Å². The molecule has 0 bridgehead atoms. The Labute approximate surface area is 130 Å². The fourth-order valence-electron chi connectivity index (χ4n) is 2.04. The van der Waals surface area contributed by atoms with Crippen LogP contribution in [0.4, 0.5) is 10.1 Å². The number of para-hydroxylation sites is 1. The topological polar surface area (TPSA) is 32.3 Å². The molecule has 0 aliphatic rings. The molecular formula is C18H19FN2O. The summed E-state index contributed by atoms with van der Waals surface area (Å²) in [6, 6.07) is 13.7. The number of benzene rings is 2. The summed E-state index contributed by atoms with van der Waals surface area (Å²) in [5, 5.41) is 2.87. The first-order valence-corrected chi connectivity index (χ1v) is 7.02. The number of rotatable bonds is 5. The first kappa shape index (κ1) is 15.9. The van der Waals surface area contributed by atoms with Gasteiger partial charge in [0.15, 0.2) is 0 Å². The molecule has 2 aromatic carbocycles. The molecule has 0 aliphatic heterocycles. The minimum Gasteiger partial charge on any atom is -0.322 e. The van der Waals surface area contributed by atoms with Gasteiger partial charge in [-0.2, -0.15) is 0 Å². The van der Waals surface area contributed by atoms with Crippen molar-refractivity contribution in [1.29, 1.82) is 0 Å². The average molecular weight is 298 g/mol. The highest BCUT2D eigenvalue weighted by molar-refractivity contribution is 6.02. The summed E-state index contributed by atoms with van der Waals surface area (Å²) in [4.78, 5) is 14.0. The van der Waals surface area contributed by atoms with E-state index >= 15 is 0 Å². The van der Waals surface area contributed by atoms with Gasteiger partial charge in [-0.1, -0.05) is 30.3 Å². The van der Waals surface area contributed by atoms with Gasteiger partial charge in [0.05, 0.1) is 0 Å². The van der Waals surface area contributed by atoms with E-state index in [1.54, 1.807) is 18.2 Å². The predicted octanol–water partition coefficient (Wildman–Crippen LogP) is 3.54. The molecule has 3 nitrogen and oxygen atoms in total. The molecule has 1 N–H and O–H groups in total. The van der Waals surface area contributed by atoms with E-state index in [1.165, 1.54) is 18.2 Å². The van der Waals surface area contributed by atoms with Crippen LogP contribution >= 0.6 is 0 Å². The number of carbonyl (C=O) groups is 1. The summed E-state index contributed by atoms with van der Waals surface area (Å²) < 4.78 is 12.8. The van der Waals surface area contributed by atoms with Crippen molar-refractivity contribution in [2.24, 2.45) is 0 Å². The molecule has 2 rings (SSSR count). The second kappa shape index (κ2) is 7.52. The largest absolute Gasteiger partial charge is 0.322 e. The van der Waals surface area contributed by atoms with Gasteiger partial charge < -0.3 is 10.2 Å². The fraction of sp³-hybridized carbons (Fsp3) is 0.167. The monoisotopic (exact) mass is 298 g/mol. The second-order valence-electron chi connectivity index (χ2n) is 5.27. The maximum Gasteiger partial charge on any atom is 0.248 e. The van der Waals surface area contributed by atoms with Crippen LogP contribution in [-0.4, -0.2) is 24.9 Å².